The van der Waals surface area contributed by atoms with Gasteiger partial charge in [0.25, 0.3) is 0 Å². The van der Waals surface area contributed by atoms with E-state index in [0.29, 0.717) is 0 Å². The standard InChI is InChI=1S/C16H24N4S/c1-3-8-17-15-13-7-9-21-16(13)19-14(18-15)11-20(2)10-12-5-4-6-12/h7,9,12H,3-6,8,10-11H2,1-2H3,(H,17,18,19). The lowest BCUT2D eigenvalue weighted by molar-refractivity contribution is 0.197. The van der Waals surface area contributed by atoms with Gasteiger partial charge >= 0.3 is 0 Å². The third-order valence-corrected chi connectivity index (χ3v) is 4.93. The van der Waals surface area contributed by atoms with Crippen LogP contribution in [-0.4, -0.2) is 35.0 Å². The second-order valence-electron chi connectivity index (χ2n) is 6.05. The molecule has 0 atom stereocenters. The summed E-state index contributed by atoms with van der Waals surface area (Å²) in [5.74, 6) is 2.82. The van der Waals surface area contributed by atoms with Crippen LogP contribution < -0.4 is 5.32 Å². The van der Waals surface area contributed by atoms with Crippen molar-refractivity contribution in [2.24, 2.45) is 5.92 Å². The quantitative estimate of drug-likeness (QED) is 0.846. The van der Waals surface area contributed by atoms with E-state index in [-0.39, 0.29) is 0 Å². The highest BCUT2D eigenvalue weighted by molar-refractivity contribution is 7.16. The molecule has 5 heteroatoms. The van der Waals surface area contributed by atoms with Gasteiger partial charge in [0.2, 0.25) is 0 Å². The molecule has 3 rings (SSSR count). The molecule has 1 N–H and O–H groups in total. The summed E-state index contributed by atoms with van der Waals surface area (Å²) >= 11 is 1.70. The van der Waals surface area contributed by atoms with Crippen LogP contribution in [0.2, 0.25) is 0 Å². The molecule has 0 radical (unpaired) electrons. The Labute approximate surface area is 130 Å². The molecule has 4 nitrogen and oxygen atoms in total. The Morgan fingerprint density at radius 3 is 2.95 bits per heavy atom. The van der Waals surface area contributed by atoms with Gasteiger partial charge < -0.3 is 5.32 Å². The SMILES string of the molecule is CCCNc1nc(CN(C)CC2CCC2)nc2sccc12. The minimum absolute atomic E-state index is 0.838. The van der Waals surface area contributed by atoms with Gasteiger partial charge in [-0.25, -0.2) is 9.97 Å². The van der Waals surface area contributed by atoms with E-state index in [1.54, 1.807) is 11.3 Å². The molecule has 2 heterocycles. The number of hydrogen-bond donors (Lipinski definition) is 1. The first-order valence-corrected chi connectivity index (χ1v) is 8.80. The first-order valence-electron chi connectivity index (χ1n) is 7.92. The van der Waals surface area contributed by atoms with Gasteiger partial charge in [0.05, 0.1) is 11.9 Å². The summed E-state index contributed by atoms with van der Waals surface area (Å²) in [7, 11) is 2.18. The largest absolute Gasteiger partial charge is 0.369 e. The van der Waals surface area contributed by atoms with E-state index in [4.69, 9.17) is 9.97 Å². The number of rotatable bonds is 7. The van der Waals surface area contributed by atoms with Gasteiger partial charge in [-0.05, 0) is 43.7 Å². The van der Waals surface area contributed by atoms with Crippen molar-refractivity contribution in [2.45, 2.75) is 39.2 Å². The zero-order valence-electron chi connectivity index (χ0n) is 12.9. The summed E-state index contributed by atoms with van der Waals surface area (Å²) < 4.78 is 0. The van der Waals surface area contributed by atoms with E-state index in [1.165, 1.54) is 25.8 Å². The van der Waals surface area contributed by atoms with Crippen molar-refractivity contribution in [1.29, 1.82) is 0 Å². The molecule has 1 aliphatic carbocycles. The maximum Gasteiger partial charge on any atom is 0.146 e. The predicted octanol–water partition coefficient (Wildman–Crippen LogP) is 3.75. The van der Waals surface area contributed by atoms with Crippen LogP contribution in [0.25, 0.3) is 10.2 Å². The van der Waals surface area contributed by atoms with Crippen molar-refractivity contribution in [3.8, 4) is 0 Å². The van der Waals surface area contributed by atoms with Gasteiger partial charge in [-0.15, -0.1) is 11.3 Å². The summed E-state index contributed by atoms with van der Waals surface area (Å²) in [4.78, 5) is 12.9. The summed E-state index contributed by atoms with van der Waals surface area (Å²) in [6.07, 6.45) is 5.28. The molecule has 2 aromatic heterocycles. The van der Waals surface area contributed by atoms with Gasteiger partial charge in [0, 0.05) is 13.1 Å². The Bertz CT molecular complexity index is 591. The summed E-state index contributed by atoms with van der Waals surface area (Å²) in [6.45, 7) is 5.14. The minimum Gasteiger partial charge on any atom is -0.369 e. The van der Waals surface area contributed by atoms with Crippen LogP contribution in [0.1, 0.15) is 38.4 Å². The normalized spacial score (nSPS) is 15.6. The Balaban J connectivity index is 1.74. The van der Waals surface area contributed by atoms with Crippen molar-refractivity contribution in [1.82, 2.24) is 14.9 Å². The van der Waals surface area contributed by atoms with Crippen LogP contribution in [-0.2, 0) is 6.54 Å². The minimum atomic E-state index is 0.838. The summed E-state index contributed by atoms with van der Waals surface area (Å²) in [6, 6.07) is 2.11. The van der Waals surface area contributed by atoms with E-state index in [9.17, 15) is 0 Å². The number of hydrogen-bond acceptors (Lipinski definition) is 5. The molecular weight excluding hydrogens is 280 g/mol. The summed E-state index contributed by atoms with van der Waals surface area (Å²) in [5, 5.41) is 6.68. The van der Waals surface area contributed by atoms with Gasteiger partial charge in [-0.1, -0.05) is 13.3 Å². The van der Waals surface area contributed by atoms with Gasteiger partial charge in [0.1, 0.15) is 16.5 Å². The molecule has 0 spiro atoms. The lowest BCUT2D eigenvalue weighted by Gasteiger charge is -2.29. The molecular formula is C16H24N4S. The molecule has 114 valence electrons. The molecule has 0 bridgehead atoms. The summed E-state index contributed by atoms with van der Waals surface area (Å²) in [5.41, 5.74) is 0. The van der Waals surface area contributed by atoms with Crippen molar-refractivity contribution >= 4 is 27.4 Å². The fourth-order valence-electron chi connectivity index (χ4n) is 2.77. The van der Waals surface area contributed by atoms with E-state index in [1.807, 2.05) is 0 Å². The van der Waals surface area contributed by atoms with Gasteiger partial charge in [-0.2, -0.15) is 0 Å². The maximum atomic E-state index is 4.74. The Kier molecular flexibility index (Phi) is 4.70. The van der Waals surface area contributed by atoms with Crippen LogP contribution >= 0.6 is 11.3 Å². The highest BCUT2D eigenvalue weighted by Crippen LogP contribution is 2.28. The molecule has 2 aromatic rings. The third-order valence-electron chi connectivity index (χ3n) is 4.12. The molecule has 0 aromatic carbocycles. The second-order valence-corrected chi connectivity index (χ2v) is 6.94. The number of fused-ring (bicyclic) bond motifs is 1. The molecule has 1 saturated carbocycles. The fraction of sp³-hybridized carbons (Fsp3) is 0.625. The lowest BCUT2D eigenvalue weighted by Crippen LogP contribution is -2.29. The Morgan fingerprint density at radius 1 is 1.38 bits per heavy atom. The average Bonchev–Trinajstić information content (AvgIpc) is 2.88. The first kappa shape index (κ1) is 14.7. The van der Waals surface area contributed by atoms with E-state index in [0.717, 1.165) is 47.3 Å². The van der Waals surface area contributed by atoms with Crippen molar-refractivity contribution in [3.63, 3.8) is 0 Å². The average molecular weight is 304 g/mol. The number of aromatic nitrogens is 2. The zero-order valence-corrected chi connectivity index (χ0v) is 13.7. The van der Waals surface area contributed by atoms with E-state index in [2.05, 4.69) is 35.6 Å². The predicted molar refractivity (Wildman–Crippen MR) is 89.9 cm³/mol. The van der Waals surface area contributed by atoms with Crippen molar-refractivity contribution in [2.75, 3.05) is 25.5 Å². The highest BCUT2D eigenvalue weighted by atomic mass is 32.1. The smallest absolute Gasteiger partial charge is 0.146 e. The third kappa shape index (κ3) is 3.52. The van der Waals surface area contributed by atoms with Crippen molar-refractivity contribution < 1.29 is 0 Å². The van der Waals surface area contributed by atoms with Crippen LogP contribution in [0.4, 0.5) is 5.82 Å². The fourth-order valence-corrected chi connectivity index (χ4v) is 3.55. The molecule has 21 heavy (non-hydrogen) atoms. The molecule has 0 saturated heterocycles. The van der Waals surface area contributed by atoms with Crippen LogP contribution in [0.5, 0.6) is 0 Å². The Hall–Kier alpha value is -1.20. The molecule has 0 unspecified atom stereocenters. The van der Waals surface area contributed by atoms with Gasteiger partial charge in [0.15, 0.2) is 0 Å². The molecule has 0 amide bonds. The number of nitrogens with zero attached hydrogens (tertiary/aromatic N) is 3. The molecule has 1 fully saturated rings. The van der Waals surface area contributed by atoms with Crippen LogP contribution in [0.15, 0.2) is 11.4 Å². The monoisotopic (exact) mass is 304 g/mol. The maximum absolute atomic E-state index is 4.74. The van der Waals surface area contributed by atoms with Crippen molar-refractivity contribution in [3.05, 3.63) is 17.3 Å². The first-order chi connectivity index (χ1) is 10.3. The Morgan fingerprint density at radius 2 is 2.24 bits per heavy atom. The second kappa shape index (κ2) is 6.71. The van der Waals surface area contributed by atoms with Crippen LogP contribution in [0.3, 0.4) is 0 Å². The number of thiophene rings is 1. The number of nitrogens with one attached hydrogen (secondary N) is 1. The molecule has 0 aliphatic heterocycles. The zero-order chi connectivity index (χ0) is 14.7. The van der Waals surface area contributed by atoms with Gasteiger partial charge in [-0.3, -0.25) is 4.90 Å². The number of anilines is 1. The van der Waals surface area contributed by atoms with E-state index < -0.39 is 0 Å². The topological polar surface area (TPSA) is 41.1 Å². The highest BCUT2D eigenvalue weighted by Gasteiger charge is 2.19. The lowest BCUT2D eigenvalue weighted by atomic mass is 9.85. The van der Waals surface area contributed by atoms with E-state index >= 15 is 0 Å². The van der Waals surface area contributed by atoms with Crippen LogP contribution in [0, 0.1) is 5.92 Å². The molecule has 1 aliphatic rings.